The van der Waals surface area contributed by atoms with Crippen molar-refractivity contribution < 1.29 is 27.6 Å². The quantitative estimate of drug-likeness (QED) is 0.0889. The minimum atomic E-state index is -4.44. The lowest BCUT2D eigenvalue weighted by atomic mass is 9.83. The zero-order valence-corrected chi connectivity index (χ0v) is 31.8. The van der Waals surface area contributed by atoms with E-state index in [1.165, 1.54) is 0 Å². The number of hydrogen-bond donors (Lipinski definition) is 2. The number of hydrogen-bond acceptors (Lipinski definition) is 5. The second-order valence-electron chi connectivity index (χ2n) is 13.5. The number of likely N-dealkylation sites (N-methyl/N-ethyl adjacent to an activating group) is 2. The lowest BCUT2D eigenvalue weighted by molar-refractivity contribution is 0.0696. The van der Waals surface area contributed by atoms with Crippen LogP contribution in [-0.4, -0.2) is 54.0 Å². The molecular formula is C36H35Cl4N2O6S+. The third-order valence-corrected chi connectivity index (χ3v) is 12.0. The molecule has 0 spiro atoms. The summed E-state index contributed by atoms with van der Waals surface area (Å²) in [5.41, 5.74) is 3.43. The van der Waals surface area contributed by atoms with E-state index in [-0.39, 0.29) is 36.8 Å². The molecule has 2 N–H and O–H groups in total. The summed E-state index contributed by atoms with van der Waals surface area (Å²) in [7, 11) is -4.44. The molecular weight excluding hydrogens is 730 g/mol. The maximum Gasteiger partial charge on any atom is 0.337 e. The molecule has 0 unspecified atom stereocenters. The van der Waals surface area contributed by atoms with E-state index in [9.17, 15) is 22.9 Å². The molecule has 0 aliphatic carbocycles. The van der Waals surface area contributed by atoms with Crippen LogP contribution in [0, 0.1) is 0 Å². The van der Waals surface area contributed by atoms with Crippen molar-refractivity contribution in [3.05, 3.63) is 94.9 Å². The lowest BCUT2D eigenvalue weighted by Crippen LogP contribution is -2.50. The molecule has 3 heterocycles. The third kappa shape index (κ3) is 5.76. The zero-order valence-electron chi connectivity index (χ0n) is 27.9. The first-order valence-electron chi connectivity index (χ1n) is 15.7. The fourth-order valence-electron chi connectivity index (χ4n) is 7.68. The first kappa shape index (κ1) is 35.8. The standard InChI is InChI=1S/C36H34Cl4N2O6S/c1-8-41-23-12-25-21(10-19(23)17(3)14-35(41,4)5)27(28-29(34(43)44)31(38)33(40)32(39)30(28)37)22-11-20-18(16-49(45,46)47)15-36(6,7)42(9-2)24(20)13-26(22)48-25/h10-15H,8-9,16H2,1-7H3,(H-,43,44,45,46,47)/p+1. The Kier molecular flexibility index (Phi) is 8.78. The predicted molar refractivity (Wildman–Crippen MR) is 198 cm³/mol. The molecule has 0 saturated carbocycles. The molecule has 258 valence electrons. The molecule has 0 saturated heterocycles. The number of anilines is 1. The van der Waals surface area contributed by atoms with Crippen molar-refractivity contribution in [3.63, 3.8) is 0 Å². The van der Waals surface area contributed by atoms with Gasteiger partial charge in [0.1, 0.15) is 23.8 Å². The van der Waals surface area contributed by atoms with Crippen LogP contribution >= 0.6 is 46.4 Å². The van der Waals surface area contributed by atoms with E-state index in [0.717, 1.165) is 16.8 Å². The maximum absolute atomic E-state index is 12.9. The largest absolute Gasteiger partial charge is 0.478 e. The van der Waals surface area contributed by atoms with Gasteiger partial charge in [-0.15, -0.1) is 0 Å². The Hall–Kier alpha value is -3.05. The summed E-state index contributed by atoms with van der Waals surface area (Å²) < 4.78 is 43.4. The second-order valence-corrected chi connectivity index (χ2v) is 16.5. The number of fused-ring (bicyclic) bond motifs is 4. The van der Waals surface area contributed by atoms with Gasteiger partial charge in [-0.05, 0) is 64.0 Å². The van der Waals surface area contributed by atoms with Crippen LogP contribution in [0.2, 0.25) is 20.1 Å². The number of carbonyl (C=O) groups is 1. The highest BCUT2D eigenvalue weighted by molar-refractivity contribution is 7.86. The highest BCUT2D eigenvalue weighted by Gasteiger charge is 2.38. The fraction of sp³-hybridized carbons (Fsp3) is 0.333. The molecule has 3 aliphatic rings. The summed E-state index contributed by atoms with van der Waals surface area (Å²) in [5.74, 6) is -1.18. The van der Waals surface area contributed by atoms with E-state index in [1.807, 2.05) is 52.0 Å². The van der Waals surface area contributed by atoms with Gasteiger partial charge in [0.05, 0.1) is 42.8 Å². The van der Waals surface area contributed by atoms with Gasteiger partial charge >= 0.3 is 5.97 Å². The summed E-state index contributed by atoms with van der Waals surface area (Å²) >= 11 is 26.6. The van der Waals surface area contributed by atoms with Gasteiger partial charge in [-0.2, -0.15) is 8.42 Å². The van der Waals surface area contributed by atoms with Gasteiger partial charge in [-0.1, -0.05) is 52.5 Å². The molecule has 0 aromatic heterocycles. The zero-order chi connectivity index (χ0) is 36.1. The van der Waals surface area contributed by atoms with Crippen LogP contribution in [0.3, 0.4) is 0 Å². The minimum Gasteiger partial charge on any atom is -0.478 e. The molecule has 0 amide bonds. The predicted octanol–water partition coefficient (Wildman–Crippen LogP) is 7.95. The van der Waals surface area contributed by atoms with Crippen molar-refractivity contribution in [2.75, 3.05) is 23.7 Å². The Morgan fingerprint density at radius 3 is 2.14 bits per heavy atom. The summed E-state index contributed by atoms with van der Waals surface area (Å²) in [5, 5.41) is 10.9. The highest BCUT2D eigenvalue weighted by Crippen LogP contribution is 2.50. The van der Waals surface area contributed by atoms with E-state index < -0.39 is 27.4 Å². The van der Waals surface area contributed by atoms with Crippen molar-refractivity contribution in [2.24, 2.45) is 0 Å². The van der Waals surface area contributed by atoms with Crippen LogP contribution in [-0.2, 0) is 10.1 Å². The van der Waals surface area contributed by atoms with Crippen molar-refractivity contribution in [3.8, 4) is 11.5 Å². The monoisotopic (exact) mass is 763 g/mol. The number of ether oxygens (including phenoxy) is 1. The first-order valence-corrected chi connectivity index (χ1v) is 18.8. The van der Waals surface area contributed by atoms with Crippen LogP contribution in [0.5, 0.6) is 11.5 Å². The van der Waals surface area contributed by atoms with Crippen LogP contribution in [0.1, 0.15) is 81.1 Å². The van der Waals surface area contributed by atoms with E-state index in [2.05, 4.69) is 36.3 Å². The number of carboxylic acid groups (broad SMARTS) is 1. The van der Waals surface area contributed by atoms with Gasteiger partial charge in [0, 0.05) is 59.6 Å². The molecule has 8 nitrogen and oxygen atoms in total. The molecule has 0 bridgehead atoms. The average molecular weight is 766 g/mol. The summed E-state index contributed by atoms with van der Waals surface area (Å²) in [4.78, 5) is 15.2. The number of benzene rings is 3. The summed E-state index contributed by atoms with van der Waals surface area (Å²) in [6.07, 6.45) is 3.99. The van der Waals surface area contributed by atoms with Gasteiger partial charge < -0.3 is 14.7 Å². The minimum absolute atomic E-state index is 0.0354. The van der Waals surface area contributed by atoms with Crippen molar-refractivity contribution in [1.82, 2.24) is 4.58 Å². The number of halogens is 4. The maximum atomic E-state index is 12.9. The summed E-state index contributed by atoms with van der Waals surface area (Å²) in [6, 6.07) is 7.46. The highest BCUT2D eigenvalue weighted by atomic mass is 35.5. The molecule has 3 aromatic rings. The Morgan fingerprint density at radius 1 is 0.898 bits per heavy atom. The smallest absolute Gasteiger partial charge is 0.337 e. The Labute approximate surface area is 305 Å². The molecule has 3 aliphatic heterocycles. The van der Waals surface area contributed by atoms with Crippen LogP contribution in [0.25, 0.3) is 16.7 Å². The number of allylic oxidation sites excluding steroid dienone is 1. The van der Waals surface area contributed by atoms with Gasteiger partial charge in [-0.25, -0.2) is 9.37 Å². The summed E-state index contributed by atoms with van der Waals surface area (Å²) in [6.45, 7) is 15.5. The molecule has 6 rings (SSSR count). The van der Waals surface area contributed by atoms with Gasteiger partial charge in [-0.3, -0.25) is 4.55 Å². The van der Waals surface area contributed by atoms with Crippen molar-refractivity contribution in [2.45, 2.75) is 59.5 Å². The van der Waals surface area contributed by atoms with Crippen LogP contribution in [0.15, 0.2) is 36.4 Å². The lowest BCUT2D eigenvalue weighted by Gasteiger charge is -2.43. The van der Waals surface area contributed by atoms with Gasteiger partial charge in [0.2, 0.25) is 5.36 Å². The normalized spacial score (nSPS) is 17.3. The van der Waals surface area contributed by atoms with Gasteiger partial charge in [0.15, 0.2) is 5.54 Å². The van der Waals surface area contributed by atoms with E-state index in [0.29, 0.717) is 57.4 Å². The molecule has 3 aromatic carbocycles. The number of aromatic carboxylic acids is 1. The molecule has 0 fully saturated rings. The number of nitrogens with zero attached hydrogens (tertiary/aromatic N) is 2. The van der Waals surface area contributed by atoms with Crippen molar-refractivity contribution in [1.29, 1.82) is 0 Å². The second kappa shape index (κ2) is 12.0. The SMILES string of the molecule is CCN1c2cc3c(cc2C(C)=CC1(C)C)C(c1c(Cl)c(Cl)c(Cl)c(Cl)c1C(=O)O)=c1cc2c(cc1O3)=[N+](CC)C(C)(C)C=C2CS(=O)(=O)O. The van der Waals surface area contributed by atoms with E-state index >= 15 is 0 Å². The molecule has 0 radical (unpaired) electrons. The van der Waals surface area contributed by atoms with Gasteiger partial charge in [0.25, 0.3) is 10.1 Å². The number of carboxylic acids is 1. The Balaban J connectivity index is 1.86. The van der Waals surface area contributed by atoms with E-state index in [1.54, 1.807) is 6.07 Å². The van der Waals surface area contributed by atoms with E-state index in [4.69, 9.17) is 51.1 Å². The molecule has 0 atom stereocenters. The average Bonchev–Trinajstić information content (AvgIpc) is 2.98. The first-order chi connectivity index (χ1) is 22.7. The van der Waals surface area contributed by atoms with Crippen LogP contribution in [0.4, 0.5) is 5.69 Å². The van der Waals surface area contributed by atoms with Crippen molar-refractivity contribution >= 4 is 84.9 Å². The number of rotatable bonds is 6. The topological polar surface area (TPSA) is 107 Å². The molecule has 13 heteroatoms. The Bertz CT molecular complexity index is 2330. The fourth-order valence-corrected chi connectivity index (χ4v) is 9.34. The Morgan fingerprint density at radius 2 is 1.55 bits per heavy atom. The van der Waals surface area contributed by atoms with Crippen LogP contribution < -0.4 is 24.8 Å². The third-order valence-electron chi connectivity index (χ3n) is 9.50. The molecule has 49 heavy (non-hydrogen) atoms.